The number of anilines is 1. The molecule has 0 aromatic heterocycles. The van der Waals surface area contributed by atoms with Gasteiger partial charge in [0.25, 0.3) is 0 Å². The van der Waals surface area contributed by atoms with Crippen molar-refractivity contribution in [1.29, 1.82) is 0 Å². The molecule has 5 nitrogen and oxygen atoms in total. The third-order valence-electron chi connectivity index (χ3n) is 2.42. The normalized spacial score (nSPS) is 11.6. The number of hydrogen-bond acceptors (Lipinski definition) is 3. The molecule has 1 aromatic rings. The first kappa shape index (κ1) is 13.0. The summed E-state index contributed by atoms with van der Waals surface area (Å²) >= 11 is 0. The number of carbonyl (C=O) groups is 1. The van der Waals surface area contributed by atoms with E-state index in [-0.39, 0.29) is 17.7 Å². The van der Waals surface area contributed by atoms with Gasteiger partial charge in [0, 0.05) is 17.2 Å². The van der Waals surface area contributed by atoms with Crippen LogP contribution < -0.4 is 11.1 Å². The average Bonchev–Trinajstić information content (AvgIpc) is 2.30. The molecule has 0 aliphatic carbocycles. The quantitative estimate of drug-likeness (QED) is 0.322. The Morgan fingerprint density at radius 3 is 2.65 bits per heavy atom. The van der Waals surface area contributed by atoms with E-state index in [2.05, 4.69) is 10.5 Å². The Morgan fingerprint density at radius 1 is 1.47 bits per heavy atom. The first-order valence-electron chi connectivity index (χ1n) is 5.35. The number of amides is 1. The van der Waals surface area contributed by atoms with Gasteiger partial charge in [0.15, 0.2) is 5.84 Å². The topological polar surface area (TPSA) is 87.7 Å². The lowest BCUT2D eigenvalue weighted by Crippen LogP contribution is -2.19. The van der Waals surface area contributed by atoms with Gasteiger partial charge in [-0.3, -0.25) is 4.79 Å². The molecule has 0 heterocycles. The van der Waals surface area contributed by atoms with Gasteiger partial charge in [-0.1, -0.05) is 31.1 Å². The van der Waals surface area contributed by atoms with Crippen molar-refractivity contribution in [3.63, 3.8) is 0 Å². The average molecular weight is 235 g/mol. The number of nitrogens with two attached hydrogens (primary N) is 1. The number of nitrogens with zero attached hydrogens (tertiary/aromatic N) is 1. The zero-order valence-electron chi connectivity index (χ0n) is 10.2. The highest BCUT2D eigenvalue weighted by Crippen LogP contribution is 2.17. The molecule has 0 radical (unpaired) electrons. The number of aryl methyl sites for hydroxylation is 1. The van der Waals surface area contributed by atoms with Crippen LogP contribution in [0.5, 0.6) is 0 Å². The van der Waals surface area contributed by atoms with Crippen LogP contribution in [0.3, 0.4) is 0 Å². The molecule has 0 atom stereocenters. The van der Waals surface area contributed by atoms with Gasteiger partial charge < -0.3 is 16.3 Å². The Bertz CT molecular complexity index is 453. The van der Waals surface area contributed by atoms with Gasteiger partial charge >= 0.3 is 0 Å². The van der Waals surface area contributed by atoms with Crippen LogP contribution in [0.1, 0.15) is 25.0 Å². The first-order valence-corrected chi connectivity index (χ1v) is 5.35. The highest BCUT2D eigenvalue weighted by atomic mass is 16.4. The zero-order chi connectivity index (χ0) is 13.0. The molecule has 0 fully saturated rings. The van der Waals surface area contributed by atoms with Crippen LogP contribution in [0.15, 0.2) is 23.4 Å². The second-order valence-corrected chi connectivity index (χ2v) is 4.16. The summed E-state index contributed by atoms with van der Waals surface area (Å²) in [6.07, 6.45) is 0. The molecular weight excluding hydrogens is 218 g/mol. The largest absolute Gasteiger partial charge is 0.409 e. The molecule has 0 saturated heterocycles. The van der Waals surface area contributed by atoms with E-state index >= 15 is 0 Å². The highest BCUT2D eigenvalue weighted by Gasteiger charge is 2.10. The van der Waals surface area contributed by atoms with Crippen LogP contribution in [0.4, 0.5) is 5.69 Å². The molecule has 1 rings (SSSR count). The van der Waals surface area contributed by atoms with Crippen LogP contribution >= 0.6 is 0 Å². The number of oxime groups is 1. The Morgan fingerprint density at radius 2 is 2.12 bits per heavy atom. The molecule has 1 amide bonds. The standard InChI is InChI=1S/C12H17N3O2/c1-7(2)12(16)14-10-6-9(11(13)15-17)5-4-8(10)3/h4-7,17H,1-3H3,(H2,13,15)(H,14,16). The summed E-state index contributed by atoms with van der Waals surface area (Å²) in [7, 11) is 0. The summed E-state index contributed by atoms with van der Waals surface area (Å²) < 4.78 is 0. The molecule has 0 spiro atoms. The van der Waals surface area contributed by atoms with Gasteiger partial charge in [-0.2, -0.15) is 0 Å². The van der Waals surface area contributed by atoms with Crippen molar-refractivity contribution >= 4 is 17.4 Å². The molecule has 0 saturated carbocycles. The van der Waals surface area contributed by atoms with E-state index in [1.807, 2.05) is 26.8 Å². The van der Waals surface area contributed by atoms with Gasteiger partial charge in [-0.05, 0) is 18.6 Å². The molecule has 0 bridgehead atoms. The summed E-state index contributed by atoms with van der Waals surface area (Å²) in [5, 5.41) is 14.3. The molecule has 4 N–H and O–H groups in total. The summed E-state index contributed by atoms with van der Waals surface area (Å²) in [6, 6.07) is 5.23. The predicted octanol–water partition coefficient (Wildman–Crippen LogP) is 1.68. The Labute approximate surface area is 100 Å². The lowest BCUT2D eigenvalue weighted by molar-refractivity contribution is -0.118. The number of hydrogen-bond donors (Lipinski definition) is 3. The van der Waals surface area contributed by atoms with E-state index in [0.717, 1.165) is 5.56 Å². The molecule has 0 aliphatic rings. The lowest BCUT2D eigenvalue weighted by atomic mass is 10.1. The number of amidine groups is 1. The molecule has 0 unspecified atom stereocenters. The Balaban J connectivity index is 3.03. The van der Waals surface area contributed by atoms with Gasteiger partial charge in [0.2, 0.25) is 5.91 Å². The second kappa shape index (κ2) is 5.34. The monoisotopic (exact) mass is 235 g/mol. The van der Waals surface area contributed by atoms with Gasteiger partial charge in [-0.25, -0.2) is 0 Å². The SMILES string of the molecule is Cc1ccc(C(N)=NO)cc1NC(=O)C(C)C. The fraction of sp³-hybridized carbons (Fsp3) is 0.333. The van der Waals surface area contributed by atoms with Crippen molar-refractivity contribution < 1.29 is 10.0 Å². The summed E-state index contributed by atoms with van der Waals surface area (Å²) in [6.45, 7) is 5.52. The maximum atomic E-state index is 11.6. The van der Waals surface area contributed by atoms with Gasteiger partial charge in [0.1, 0.15) is 0 Å². The minimum atomic E-state index is -0.0955. The third-order valence-corrected chi connectivity index (χ3v) is 2.42. The van der Waals surface area contributed by atoms with E-state index in [0.29, 0.717) is 11.3 Å². The maximum absolute atomic E-state index is 11.6. The van der Waals surface area contributed by atoms with Crippen LogP contribution in [-0.2, 0) is 4.79 Å². The summed E-state index contributed by atoms with van der Waals surface area (Å²) in [5.74, 6) is -0.142. The smallest absolute Gasteiger partial charge is 0.226 e. The molecule has 5 heteroatoms. The van der Waals surface area contributed by atoms with Gasteiger partial charge in [-0.15, -0.1) is 0 Å². The lowest BCUT2D eigenvalue weighted by Gasteiger charge is -2.11. The molecular formula is C12H17N3O2. The zero-order valence-corrected chi connectivity index (χ0v) is 10.2. The van der Waals surface area contributed by atoms with Crippen molar-refractivity contribution in [2.24, 2.45) is 16.8 Å². The predicted molar refractivity (Wildman–Crippen MR) is 67.2 cm³/mol. The van der Waals surface area contributed by atoms with E-state index in [4.69, 9.17) is 10.9 Å². The van der Waals surface area contributed by atoms with Crippen LogP contribution in [0, 0.1) is 12.8 Å². The molecule has 17 heavy (non-hydrogen) atoms. The minimum absolute atomic E-state index is 0.0186. The highest BCUT2D eigenvalue weighted by molar-refractivity contribution is 5.99. The number of carbonyl (C=O) groups excluding carboxylic acids is 1. The number of nitrogens with one attached hydrogen (secondary N) is 1. The molecule has 0 aliphatic heterocycles. The fourth-order valence-corrected chi connectivity index (χ4v) is 1.25. The van der Waals surface area contributed by atoms with Crippen molar-refractivity contribution in [3.8, 4) is 0 Å². The van der Waals surface area contributed by atoms with Crippen LogP contribution in [0.2, 0.25) is 0 Å². The molecule has 1 aromatic carbocycles. The number of rotatable bonds is 3. The summed E-state index contributed by atoms with van der Waals surface area (Å²) in [4.78, 5) is 11.6. The maximum Gasteiger partial charge on any atom is 0.226 e. The van der Waals surface area contributed by atoms with Crippen molar-refractivity contribution in [2.45, 2.75) is 20.8 Å². The van der Waals surface area contributed by atoms with Gasteiger partial charge in [0.05, 0.1) is 0 Å². The fourth-order valence-electron chi connectivity index (χ4n) is 1.25. The van der Waals surface area contributed by atoms with Crippen LogP contribution in [-0.4, -0.2) is 17.0 Å². The van der Waals surface area contributed by atoms with Crippen molar-refractivity contribution in [2.75, 3.05) is 5.32 Å². The minimum Gasteiger partial charge on any atom is -0.409 e. The van der Waals surface area contributed by atoms with Crippen molar-refractivity contribution in [1.82, 2.24) is 0 Å². The van der Waals surface area contributed by atoms with Crippen molar-refractivity contribution in [3.05, 3.63) is 29.3 Å². The van der Waals surface area contributed by atoms with E-state index in [9.17, 15) is 4.79 Å². The Hall–Kier alpha value is -2.04. The summed E-state index contributed by atoms with van der Waals surface area (Å²) in [5.41, 5.74) is 7.66. The Kier molecular flexibility index (Phi) is 4.09. The van der Waals surface area contributed by atoms with E-state index in [1.54, 1.807) is 12.1 Å². The second-order valence-electron chi connectivity index (χ2n) is 4.16. The first-order chi connectivity index (χ1) is 7.95. The van der Waals surface area contributed by atoms with E-state index in [1.165, 1.54) is 0 Å². The van der Waals surface area contributed by atoms with Crippen LogP contribution in [0.25, 0.3) is 0 Å². The molecule has 92 valence electrons. The third kappa shape index (κ3) is 3.21. The van der Waals surface area contributed by atoms with E-state index < -0.39 is 0 Å². The number of benzene rings is 1.